The number of aliphatic carboxylic acids is 1. The predicted molar refractivity (Wildman–Crippen MR) is 259 cm³/mol. The van der Waals surface area contributed by atoms with Gasteiger partial charge in [0, 0.05) is 95.0 Å². The summed E-state index contributed by atoms with van der Waals surface area (Å²) in [5, 5.41) is 31.6. The lowest BCUT2D eigenvalue weighted by Crippen LogP contribution is -2.28. The Hall–Kier alpha value is -7.20. The third kappa shape index (κ3) is 15.4. The van der Waals surface area contributed by atoms with Gasteiger partial charge >= 0.3 is 11.9 Å². The van der Waals surface area contributed by atoms with Crippen molar-refractivity contribution in [3.63, 3.8) is 0 Å². The second-order valence-corrected chi connectivity index (χ2v) is 18.4. The Morgan fingerprint density at radius 2 is 1.41 bits per heavy atom. The highest BCUT2D eigenvalue weighted by atomic mass is 32.2. The van der Waals surface area contributed by atoms with Crippen molar-refractivity contribution in [3.8, 4) is 17.2 Å². The van der Waals surface area contributed by atoms with Gasteiger partial charge in [0.15, 0.2) is 17.9 Å². The Labute approximate surface area is 392 Å². The van der Waals surface area contributed by atoms with Crippen LogP contribution in [0.25, 0.3) is 44.1 Å². The number of aromatic hydroxyl groups is 1. The van der Waals surface area contributed by atoms with Crippen LogP contribution in [0, 0.1) is 4.91 Å². The van der Waals surface area contributed by atoms with E-state index in [2.05, 4.69) is 20.5 Å². The molecule has 4 N–H and O–H groups in total. The fourth-order valence-corrected chi connectivity index (χ4v) is 7.90. The molecule has 360 valence electrons. The van der Waals surface area contributed by atoms with Crippen LogP contribution in [-0.4, -0.2) is 112 Å². The highest BCUT2D eigenvalue weighted by Gasteiger charge is 2.16. The van der Waals surface area contributed by atoms with Crippen LogP contribution in [0.15, 0.2) is 119 Å². The maximum atomic E-state index is 10.9. The van der Waals surface area contributed by atoms with E-state index < -0.39 is 37.7 Å². The zero-order chi connectivity index (χ0) is 49.4. The van der Waals surface area contributed by atoms with Gasteiger partial charge in [0.1, 0.15) is 36.1 Å². The summed E-state index contributed by atoms with van der Waals surface area (Å²) >= 11 is 0. The van der Waals surface area contributed by atoms with E-state index in [1.54, 1.807) is 36.4 Å². The van der Waals surface area contributed by atoms with Crippen molar-refractivity contribution in [2.45, 2.75) is 25.7 Å². The standard InChI is InChI=1S/C23H23N3O6S.C13H14N2O4S.C11H15NO3/c1-26(11-9-22(27)28)15-7-8-18-20(13-15)32-21-14-19(24-10-4-12-33(29,30)31)16-5-2-3-6-17(16)23(21)25-18;16-15-13-7-6-12(10-4-1-2-5-11(10)13)14-8-3-9-20(17,18)19;1-12(7-6-11(14)15-2)9-4-3-5-10(13)8-9/h2-3,5-8,13-14H,4,9-12H2,1H3,(H2,27,28,29,30,31);1-2,4-7,14H,3,8-9H2,(H,17,18,19);3-5,8,13H,6-7H2,1-2H3/p-1. The molecule has 0 saturated heterocycles. The van der Waals surface area contributed by atoms with E-state index >= 15 is 0 Å². The molecular weight excluding hydrogens is 921 g/mol. The molecule has 0 atom stereocenters. The van der Waals surface area contributed by atoms with Gasteiger partial charge in [0.25, 0.3) is 0 Å². The van der Waals surface area contributed by atoms with Crippen LogP contribution in [0.4, 0.5) is 22.7 Å². The normalized spacial score (nSPS) is 11.8. The third-order valence-corrected chi connectivity index (χ3v) is 12.0. The minimum atomic E-state index is -4.26. The minimum absolute atomic E-state index is 0.0241. The number of hydrogen-bond acceptors (Lipinski definition) is 17. The molecule has 7 rings (SSSR count). The van der Waals surface area contributed by atoms with Crippen molar-refractivity contribution in [2.24, 2.45) is 5.18 Å². The lowest BCUT2D eigenvalue weighted by molar-refractivity contribution is -0.140. The van der Waals surface area contributed by atoms with Crippen LogP contribution in [0.1, 0.15) is 25.7 Å². The van der Waals surface area contributed by atoms with Crippen LogP contribution in [-0.2, 0) is 34.6 Å². The van der Waals surface area contributed by atoms with E-state index in [0.29, 0.717) is 60.8 Å². The monoisotopic (exact) mass is 971 g/mol. The number of benzene rings is 6. The molecule has 0 fully saturated rings. The van der Waals surface area contributed by atoms with E-state index in [9.17, 15) is 45.5 Å². The Kier molecular flexibility index (Phi) is 18.3. The number of carbonyl (C=O) groups excluding carboxylic acids is 1. The molecule has 5 aromatic carbocycles. The average molecular weight is 972 g/mol. The van der Waals surface area contributed by atoms with Crippen LogP contribution in [0.5, 0.6) is 5.75 Å². The van der Waals surface area contributed by atoms with Crippen molar-refractivity contribution in [1.29, 1.82) is 0 Å². The van der Waals surface area contributed by atoms with Gasteiger partial charge in [-0.3, -0.25) is 9.59 Å². The molecule has 2 aliphatic rings. The Balaban J connectivity index is 0.000000210. The molecule has 1 heterocycles. The number of esters is 1. The third-order valence-electron chi connectivity index (χ3n) is 10.4. The van der Waals surface area contributed by atoms with E-state index in [-0.39, 0.29) is 31.0 Å². The summed E-state index contributed by atoms with van der Waals surface area (Å²) in [6, 6.07) is 32.5. The van der Waals surface area contributed by atoms with Crippen LogP contribution in [0.2, 0.25) is 0 Å². The number of aromatic nitrogens is 1. The molecule has 0 amide bonds. The number of carbonyl (C=O) groups is 2. The van der Waals surface area contributed by atoms with Gasteiger partial charge in [0.05, 0.1) is 39.8 Å². The number of phenolic OH excluding ortho intramolecular Hbond substituents is 1. The lowest BCUT2D eigenvalue weighted by atomic mass is 10.1. The highest BCUT2D eigenvalue weighted by molar-refractivity contribution is 7.85. The summed E-state index contributed by atoms with van der Waals surface area (Å²) in [4.78, 5) is 39.2. The number of nitroso groups, excluding NO2 is 1. The summed E-state index contributed by atoms with van der Waals surface area (Å²) in [5.74, 6) is -1.15. The largest absolute Gasteiger partial charge is 0.748 e. The number of rotatable bonds is 18. The first-order valence-corrected chi connectivity index (χ1v) is 24.3. The first kappa shape index (κ1) is 51.8. The quantitative estimate of drug-likeness (QED) is 0.0140. The number of fused-ring (bicyclic) bond motifs is 5. The van der Waals surface area contributed by atoms with E-state index in [0.717, 1.165) is 44.0 Å². The van der Waals surface area contributed by atoms with Gasteiger partial charge < -0.3 is 44.0 Å². The molecule has 0 saturated carbocycles. The summed E-state index contributed by atoms with van der Waals surface area (Å²) in [6.45, 7) is 1.60. The molecule has 1 aliphatic heterocycles. The molecule has 0 unspecified atom stereocenters. The maximum Gasteiger partial charge on any atom is 0.309 e. The van der Waals surface area contributed by atoms with Gasteiger partial charge in [-0.1, -0.05) is 54.6 Å². The minimum Gasteiger partial charge on any atom is -0.748 e. The van der Waals surface area contributed by atoms with Crippen molar-refractivity contribution in [1.82, 2.24) is 9.56 Å². The number of nitrogens with one attached hydrogen (secondary N) is 2. The van der Waals surface area contributed by atoms with Crippen molar-refractivity contribution in [3.05, 3.63) is 119 Å². The number of methoxy groups -OCH3 is 1. The summed E-state index contributed by atoms with van der Waals surface area (Å²) < 4.78 is 76.7. The highest BCUT2D eigenvalue weighted by Crippen LogP contribution is 2.34. The molecule has 19 nitrogen and oxygen atoms in total. The molecule has 1 aliphatic carbocycles. The van der Waals surface area contributed by atoms with Crippen molar-refractivity contribution >= 4 is 87.6 Å². The van der Waals surface area contributed by atoms with E-state index in [4.69, 9.17) is 14.5 Å². The second-order valence-electron chi connectivity index (χ2n) is 15.4. The number of anilines is 3. The van der Waals surface area contributed by atoms with E-state index in [1.807, 2.05) is 96.4 Å². The van der Waals surface area contributed by atoms with Crippen molar-refractivity contribution in [2.75, 3.05) is 74.4 Å². The number of hydrogen-bond donors (Lipinski definition) is 4. The molecule has 0 bridgehead atoms. The number of carboxylic acids is 1. The van der Waals surface area contributed by atoms with Crippen LogP contribution in [0.3, 0.4) is 0 Å². The zero-order valence-corrected chi connectivity index (χ0v) is 39.1. The number of ether oxygens (including phenoxy) is 1. The Morgan fingerprint density at radius 3 is 2.01 bits per heavy atom. The van der Waals surface area contributed by atoms with Gasteiger partial charge in [-0.25, -0.2) is 26.4 Å². The van der Waals surface area contributed by atoms with Gasteiger partial charge in [0.2, 0.25) is 5.36 Å². The van der Waals surface area contributed by atoms with E-state index in [1.165, 1.54) is 7.11 Å². The Morgan fingerprint density at radius 1 is 0.794 bits per heavy atom. The van der Waals surface area contributed by atoms with Gasteiger partial charge in [-0.2, -0.15) is 0 Å². The second kappa shape index (κ2) is 24.0. The summed E-state index contributed by atoms with van der Waals surface area (Å²) in [7, 11) is -3.39. The molecule has 0 radical (unpaired) electrons. The fraction of sp³-hybridized carbons (Fsp3) is 0.277. The predicted octanol–water partition coefficient (Wildman–Crippen LogP) is 6.29. The first-order chi connectivity index (χ1) is 32.3. The number of phenols is 1. The molecule has 68 heavy (non-hydrogen) atoms. The summed E-state index contributed by atoms with van der Waals surface area (Å²) in [6.07, 6.45) is 0.782. The van der Waals surface area contributed by atoms with Crippen molar-refractivity contribution < 1.29 is 54.9 Å². The average Bonchev–Trinajstić information content (AvgIpc) is 3.31. The topological polar surface area (TPSA) is 284 Å². The zero-order valence-electron chi connectivity index (χ0n) is 37.5. The van der Waals surface area contributed by atoms with Crippen LogP contribution < -0.4 is 25.5 Å². The molecule has 21 heteroatoms. The molecule has 5 aromatic rings. The van der Waals surface area contributed by atoms with Gasteiger partial charge in [-0.05, 0) is 48.4 Å². The summed E-state index contributed by atoms with van der Waals surface area (Å²) in [5.41, 5.74) is 4.66. The lowest BCUT2D eigenvalue weighted by Gasteiger charge is -2.18. The Bertz CT molecular complexity index is 3160. The number of carboxylic acid groups (broad SMARTS) is 1. The number of nitrogens with zero attached hydrogens (tertiary/aromatic N) is 4. The fourth-order valence-electron chi connectivity index (χ4n) is 6.90. The first-order valence-electron chi connectivity index (χ1n) is 21.1. The SMILES string of the molecule is COC(=O)CCN(C)c1cccc(O)c1.C[N+](CCC(=O)O)=c1ccc2nc3c(cc(NCCCS(=O)(=O)[O-])c4ccccc43)oc-2c1.O=Nc1ccc(NCCCS(=O)(=O)[O-])c2ccccc12. The van der Waals surface area contributed by atoms with Gasteiger partial charge in [-0.15, -0.1) is 4.91 Å². The molecule has 0 aromatic heterocycles. The molecule has 0 spiro atoms. The molecular formula is C47H51N6O13S2-. The smallest absolute Gasteiger partial charge is 0.309 e. The maximum absolute atomic E-state index is 10.9. The van der Waals surface area contributed by atoms with Crippen LogP contribution >= 0.6 is 0 Å².